The molecule has 4 rings (SSSR count). The second-order valence-electron chi connectivity index (χ2n) is 8.45. The summed E-state index contributed by atoms with van der Waals surface area (Å²) in [4.78, 5) is 17.1. The van der Waals surface area contributed by atoms with Gasteiger partial charge in [-0.05, 0) is 43.8 Å². The topological polar surface area (TPSA) is 41.4 Å². The van der Waals surface area contributed by atoms with E-state index in [9.17, 15) is 4.79 Å². The molecule has 2 aliphatic rings. The highest BCUT2D eigenvalue weighted by molar-refractivity contribution is 5.79. The summed E-state index contributed by atoms with van der Waals surface area (Å²) < 4.78 is 1.90. The summed E-state index contributed by atoms with van der Waals surface area (Å²) in [7, 11) is 1.98. The van der Waals surface area contributed by atoms with Crippen molar-refractivity contribution in [1.29, 1.82) is 0 Å². The maximum atomic E-state index is 12.6. The van der Waals surface area contributed by atoms with Gasteiger partial charge in [0, 0.05) is 44.9 Å². The second kappa shape index (κ2) is 7.92. The van der Waals surface area contributed by atoms with Crippen molar-refractivity contribution in [3.05, 3.63) is 59.4 Å². The Bertz CT molecular complexity index is 847. The number of piperidine rings is 1. The first-order valence-corrected chi connectivity index (χ1v) is 10.2. The first-order chi connectivity index (χ1) is 13.5. The maximum absolute atomic E-state index is 12.6. The van der Waals surface area contributed by atoms with Crippen molar-refractivity contribution in [3.8, 4) is 0 Å². The number of benzene rings is 1. The Morgan fingerprint density at radius 2 is 1.93 bits per heavy atom. The number of aryl methyl sites for hydroxylation is 2. The molecule has 1 aromatic carbocycles. The van der Waals surface area contributed by atoms with Gasteiger partial charge in [0.1, 0.15) is 0 Å². The summed E-state index contributed by atoms with van der Waals surface area (Å²) in [5.41, 5.74) is 3.80. The predicted octanol–water partition coefficient (Wildman–Crippen LogP) is 3.26. The lowest BCUT2D eigenvalue weighted by atomic mass is 9.77. The van der Waals surface area contributed by atoms with Crippen molar-refractivity contribution in [2.75, 3.05) is 26.2 Å². The molecule has 0 aliphatic carbocycles. The number of nitrogens with zero attached hydrogens (tertiary/aromatic N) is 4. The largest absolute Gasteiger partial charge is 0.338 e. The quantitative estimate of drug-likeness (QED) is 0.802. The monoisotopic (exact) mass is 378 g/mol. The van der Waals surface area contributed by atoms with Crippen LogP contribution < -0.4 is 0 Å². The average Bonchev–Trinajstić information content (AvgIpc) is 3.16. The molecule has 148 valence electrons. The molecule has 1 amide bonds. The van der Waals surface area contributed by atoms with Crippen LogP contribution in [0.15, 0.2) is 42.6 Å². The van der Waals surface area contributed by atoms with Crippen molar-refractivity contribution < 1.29 is 4.79 Å². The minimum atomic E-state index is 0.179. The van der Waals surface area contributed by atoms with Crippen LogP contribution in [-0.4, -0.2) is 51.7 Å². The highest BCUT2D eigenvalue weighted by atomic mass is 16.2. The summed E-state index contributed by atoms with van der Waals surface area (Å²) in [5, 5.41) is 4.45. The van der Waals surface area contributed by atoms with Gasteiger partial charge in [-0.15, -0.1) is 0 Å². The number of carbonyl (C=O) groups is 1. The molecule has 2 fully saturated rings. The minimum absolute atomic E-state index is 0.179. The van der Waals surface area contributed by atoms with Crippen LogP contribution in [0.25, 0.3) is 6.08 Å². The van der Waals surface area contributed by atoms with E-state index in [1.54, 1.807) is 0 Å². The van der Waals surface area contributed by atoms with Crippen molar-refractivity contribution >= 4 is 12.0 Å². The van der Waals surface area contributed by atoms with Crippen LogP contribution in [0.2, 0.25) is 0 Å². The van der Waals surface area contributed by atoms with Crippen LogP contribution in [-0.2, 0) is 18.4 Å². The van der Waals surface area contributed by atoms with E-state index in [0.29, 0.717) is 18.9 Å². The second-order valence-corrected chi connectivity index (χ2v) is 8.45. The van der Waals surface area contributed by atoms with Crippen molar-refractivity contribution in [1.82, 2.24) is 19.6 Å². The van der Waals surface area contributed by atoms with Crippen LogP contribution in [0, 0.1) is 12.3 Å². The number of likely N-dealkylation sites (tertiary alicyclic amines) is 2. The van der Waals surface area contributed by atoms with Gasteiger partial charge in [-0.2, -0.15) is 5.10 Å². The van der Waals surface area contributed by atoms with Gasteiger partial charge in [-0.3, -0.25) is 14.4 Å². The fourth-order valence-electron chi connectivity index (χ4n) is 4.59. The van der Waals surface area contributed by atoms with Crippen molar-refractivity contribution in [2.24, 2.45) is 12.5 Å². The third kappa shape index (κ3) is 4.20. The van der Waals surface area contributed by atoms with Crippen molar-refractivity contribution in [3.63, 3.8) is 0 Å². The lowest BCUT2D eigenvalue weighted by Gasteiger charge is -2.38. The average molecular weight is 379 g/mol. The summed E-state index contributed by atoms with van der Waals surface area (Å²) in [6.07, 6.45) is 9.28. The van der Waals surface area contributed by atoms with Crippen LogP contribution in [0.5, 0.6) is 0 Å². The summed E-state index contributed by atoms with van der Waals surface area (Å²) in [5.74, 6) is 0.314. The SMILES string of the molecule is Cc1nn(C)cc1CN1CCC2(CC1)CC(=O)N(C/C=C/c1ccccc1)C2. The highest BCUT2D eigenvalue weighted by Gasteiger charge is 2.44. The summed E-state index contributed by atoms with van der Waals surface area (Å²) >= 11 is 0. The minimum Gasteiger partial charge on any atom is -0.338 e. The Labute approximate surface area is 167 Å². The molecule has 5 heteroatoms. The van der Waals surface area contributed by atoms with E-state index in [1.165, 1.54) is 11.1 Å². The number of rotatable bonds is 5. The summed E-state index contributed by atoms with van der Waals surface area (Å²) in [6.45, 7) is 6.80. The van der Waals surface area contributed by atoms with E-state index in [2.05, 4.69) is 47.4 Å². The Morgan fingerprint density at radius 1 is 1.18 bits per heavy atom. The molecule has 2 saturated heterocycles. The molecule has 28 heavy (non-hydrogen) atoms. The van der Waals surface area contributed by atoms with Crippen LogP contribution in [0.3, 0.4) is 0 Å². The Morgan fingerprint density at radius 3 is 2.61 bits per heavy atom. The van der Waals surface area contributed by atoms with Crippen LogP contribution in [0.4, 0.5) is 0 Å². The number of hydrogen-bond acceptors (Lipinski definition) is 3. The van der Waals surface area contributed by atoms with Crippen molar-refractivity contribution in [2.45, 2.75) is 32.7 Å². The molecule has 0 bridgehead atoms. The Hall–Kier alpha value is -2.40. The smallest absolute Gasteiger partial charge is 0.223 e. The normalized spacial score (nSPS) is 19.9. The van der Waals surface area contributed by atoms with E-state index in [1.807, 2.05) is 34.8 Å². The zero-order valence-corrected chi connectivity index (χ0v) is 17.0. The number of hydrogen-bond donors (Lipinski definition) is 0. The van der Waals surface area contributed by atoms with Gasteiger partial charge in [0.15, 0.2) is 0 Å². The first-order valence-electron chi connectivity index (χ1n) is 10.2. The molecular formula is C23H30N4O. The molecule has 0 unspecified atom stereocenters. The van der Waals surface area contributed by atoms with Crippen LogP contribution in [0.1, 0.15) is 36.1 Å². The van der Waals surface area contributed by atoms with Gasteiger partial charge in [0.2, 0.25) is 5.91 Å². The molecule has 1 aromatic heterocycles. The standard InChI is InChI=1S/C23H30N4O/c1-19-21(16-25(2)24-19)17-26-13-10-23(11-14-26)15-22(28)27(18-23)12-6-9-20-7-4-3-5-8-20/h3-9,16H,10-15,17-18H2,1-2H3/b9-6+. The first kappa shape index (κ1) is 18.9. The molecule has 0 radical (unpaired) electrons. The molecule has 2 aliphatic heterocycles. The van der Waals surface area contributed by atoms with Gasteiger partial charge < -0.3 is 4.90 Å². The molecule has 5 nitrogen and oxygen atoms in total. The lowest BCUT2D eigenvalue weighted by molar-refractivity contribution is -0.127. The number of aromatic nitrogens is 2. The number of carbonyl (C=O) groups excluding carboxylic acids is 1. The summed E-state index contributed by atoms with van der Waals surface area (Å²) in [6, 6.07) is 10.3. The van der Waals surface area contributed by atoms with E-state index >= 15 is 0 Å². The van der Waals surface area contributed by atoms with Gasteiger partial charge in [-0.1, -0.05) is 42.5 Å². The van der Waals surface area contributed by atoms with Gasteiger partial charge in [-0.25, -0.2) is 0 Å². The van der Waals surface area contributed by atoms with E-state index in [-0.39, 0.29) is 5.41 Å². The molecule has 0 atom stereocenters. The number of amides is 1. The van der Waals surface area contributed by atoms with Gasteiger partial charge in [0.25, 0.3) is 0 Å². The fourth-order valence-corrected chi connectivity index (χ4v) is 4.59. The lowest BCUT2D eigenvalue weighted by Crippen LogP contribution is -2.41. The maximum Gasteiger partial charge on any atom is 0.223 e. The van der Waals surface area contributed by atoms with Gasteiger partial charge >= 0.3 is 0 Å². The molecule has 0 N–H and O–H groups in total. The molecule has 3 heterocycles. The third-order valence-corrected chi connectivity index (χ3v) is 6.27. The van der Waals surface area contributed by atoms with E-state index in [0.717, 1.165) is 44.7 Å². The third-order valence-electron chi connectivity index (χ3n) is 6.27. The highest BCUT2D eigenvalue weighted by Crippen LogP contribution is 2.41. The molecule has 0 saturated carbocycles. The van der Waals surface area contributed by atoms with E-state index < -0.39 is 0 Å². The van der Waals surface area contributed by atoms with Crippen LogP contribution >= 0.6 is 0 Å². The Balaban J connectivity index is 1.30. The molecule has 1 spiro atoms. The zero-order chi connectivity index (χ0) is 19.6. The predicted molar refractivity (Wildman–Crippen MR) is 112 cm³/mol. The zero-order valence-electron chi connectivity index (χ0n) is 17.0. The molecular weight excluding hydrogens is 348 g/mol. The van der Waals surface area contributed by atoms with Gasteiger partial charge in [0.05, 0.1) is 5.69 Å². The molecule has 2 aromatic rings. The van der Waals surface area contributed by atoms with E-state index in [4.69, 9.17) is 0 Å². The Kier molecular flexibility index (Phi) is 5.36. The fraction of sp³-hybridized carbons (Fsp3) is 0.478.